The Hall–Kier alpha value is -2.19. The maximum Gasteiger partial charge on any atom is 0.269 e. The third-order valence-corrected chi connectivity index (χ3v) is 4.31. The van der Waals surface area contributed by atoms with E-state index in [0.29, 0.717) is 5.76 Å². The molecule has 0 aliphatic heterocycles. The van der Waals surface area contributed by atoms with Gasteiger partial charge < -0.3 is 10.2 Å². The molecular weight excluding hydrogens is 284 g/mol. The molecule has 0 bridgehead atoms. The summed E-state index contributed by atoms with van der Waals surface area (Å²) in [6.07, 6.45) is 0. The molecule has 2 N–H and O–H groups in total. The monoisotopic (exact) mass is 296 g/mol. The molecule has 0 aliphatic carbocycles. The lowest BCUT2D eigenvalue weighted by molar-refractivity contribution is -0.384. The molecule has 2 aromatic rings. The number of nitro groups is 1. The van der Waals surface area contributed by atoms with Gasteiger partial charge in [-0.1, -0.05) is 0 Å². The normalized spacial score (nSPS) is 11.4. The van der Waals surface area contributed by atoms with Crippen molar-refractivity contribution in [2.45, 2.75) is 17.2 Å². The fraction of sp³-hybridized carbons (Fsp3) is 0.167. The van der Waals surface area contributed by atoms with Crippen LogP contribution in [0.2, 0.25) is 0 Å². The average Bonchev–Trinajstić information content (AvgIpc) is 2.85. The number of nitro benzene ring substituents is 1. The van der Waals surface area contributed by atoms with Gasteiger partial charge in [-0.15, -0.1) is 0 Å². The number of nitrogens with zero attached hydrogens (tertiary/aromatic N) is 1. The van der Waals surface area contributed by atoms with E-state index in [-0.39, 0.29) is 28.6 Å². The second-order valence-corrected chi connectivity index (χ2v) is 6.07. The first-order valence-electron chi connectivity index (χ1n) is 5.67. The van der Waals surface area contributed by atoms with E-state index in [0.717, 1.165) is 12.1 Å². The third kappa shape index (κ3) is 3.03. The Labute approximate surface area is 115 Å². The number of non-ortho nitro benzene ring substituents is 1. The molecule has 1 heterocycles. The predicted octanol–water partition coefficient (Wildman–Crippen LogP) is 1.62. The minimum Gasteiger partial charge on any atom is -0.464 e. The zero-order chi connectivity index (χ0) is 14.8. The van der Waals surface area contributed by atoms with Crippen molar-refractivity contribution in [3.8, 4) is 0 Å². The SMILES string of the molecule is NCc1ccc(CS(=O)(=O)c2ccc([N+](=O)[O-])cc2)o1. The second kappa shape index (κ2) is 5.43. The average molecular weight is 296 g/mol. The molecule has 1 aromatic heterocycles. The first kappa shape index (κ1) is 14.2. The Bertz CT molecular complexity index is 719. The van der Waals surface area contributed by atoms with Gasteiger partial charge in [-0.2, -0.15) is 0 Å². The minimum atomic E-state index is -3.61. The summed E-state index contributed by atoms with van der Waals surface area (Å²) in [7, 11) is -3.61. The predicted molar refractivity (Wildman–Crippen MR) is 70.6 cm³/mol. The molecule has 0 radical (unpaired) electrons. The number of nitrogens with two attached hydrogens (primary N) is 1. The highest BCUT2D eigenvalue weighted by atomic mass is 32.2. The van der Waals surface area contributed by atoms with Crippen molar-refractivity contribution < 1.29 is 17.8 Å². The molecule has 20 heavy (non-hydrogen) atoms. The van der Waals surface area contributed by atoms with E-state index in [4.69, 9.17) is 10.2 Å². The van der Waals surface area contributed by atoms with Gasteiger partial charge in [0.25, 0.3) is 5.69 Å². The maximum absolute atomic E-state index is 12.1. The molecule has 0 saturated heterocycles. The van der Waals surface area contributed by atoms with Crippen LogP contribution in [0, 0.1) is 10.1 Å². The van der Waals surface area contributed by atoms with Crippen LogP contribution in [0.15, 0.2) is 45.7 Å². The van der Waals surface area contributed by atoms with Crippen LogP contribution >= 0.6 is 0 Å². The van der Waals surface area contributed by atoms with E-state index in [9.17, 15) is 18.5 Å². The molecular formula is C12H12N2O5S. The van der Waals surface area contributed by atoms with Crippen molar-refractivity contribution in [1.29, 1.82) is 0 Å². The molecule has 7 nitrogen and oxygen atoms in total. The van der Waals surface area contributed by atoms with Crippen LogP contribution in [0.3, 0.4) is 0 Å². The van der Waals surface area contributed by atoms with Gasteiger partial charge in [0.2, 0.25) is 0 Å². The summed E-state index contributed by atoms with van der Waals surface area (Å²) in [5.74, 6) is 0.466. The summed E-state index contributed by atoms with van der Waals surface area (Å²) in [4.78, 5) is 9.94. The van der Waals surface area contributed by atoms with Gasteiger partial charge in [0.05, 0.1) is 16.4 Å². The Morgan fingerprint density at radius 2 is 1.70 bits per heavy atom. The van der Waals surface area contributed by atoms with Crippen LogP contribution in [0.25, 0.3) is 0 Å². The summed E-state index contributed by atoms with van der Waals surface area (Å²) in [5.41, 5.74) is 5.22. The van der Waals surface area contributed by atoms with Crippen molar-refractivity contribution in [1.82, 2.24) is 0 Å². The summed E-state index contributed by atoms with van der Waals surface area (Å²) < 4.78 is 29.5. The van der Waals surface area contributed by atoms with Crippen LogP contribution < -0.4 is 5.73 Å². The van der Waals surface area contributed by atoms with Crippen molar-refractivity contribution in [2.75, 3.05) is 0 Å². The fourth-order valence-corrected chi connectivity index (χ4v) is 2.90. The Morgan fingerprint density at radius 1 is 1.10 bits per heavy atom. The van der Waals surface area contributed by atoms with Gasteiger partial charge in [-0.05, 0) is 24.3 Å². The topological polar surface area (TPSA) is 116 Å². The van der Waals surface area contributed by atoms with Crippen molar-refractivity contribution in [3.05, 3.63) is 58.0 Å². The first-order chi connectivity index (χ1) is 9.42. The quantitative estimate of drug-likeness (QED) is 0.662. The van der Waals surface area contributed by atoms with Gasteiger partial charge in [0.15, 0.2) is 9.84 Å². The maximum atomic E-state index is 12.1. The van der Waals surface area contributed by atoms with Gasteiger partial charge in [-0.25, -0.2) is 8.42 Å². The van der Waals surface area contributed by atoms with Gasteiger partial charge in [-0.3, -0.25) is 10.1 Å². The molecule has 2 rings (SSSR count). The summed E-state index contributed by atoms with van der Waals surface area (Å²) in [6, 6.07) is 7.88. The Kier molecular flexibility index (Phi) is 3.86. The molecule has 0 fully saturated rings. The van der Waals surface area contributed by atoms with Crippen molar-refractivity contribution >= 4 is 15.5 Å². The van der Waals surface area contributed by atoms with E-state index in [1.54, 1.807) is 12.1 Å². The number of hydrogen-bond acceptors (Lipinski definition) is 6. The van der Waals surface area contributed by atoms with Crippen molar-refractivity contribution in [2.24, 2.45) is 5.73 Å². The van der Waals surface area contributed by atoms with Crippen molar-refractivity contribution in [3.63, 3.8) is 0 Å². The molecule has 0 atom stereocenters. The van der Waals surface area contributed by atoms with Crippen LogP contribution in [-0.4, -0.2) is 13.3 Å². The highest BCUT2D eigenvalue weighted by Crippen LogP contribution is 2.20. The fourth-order valence-electron chi connectivity index (χ4n) is 1.66. The van der Waals surface area contributed by atoms with Gasteiger partial charge >= 0.3 is 0 Å². The molecule has 0 amide bonds. The largest absolute Gasteiger partial charge is 0.464 e. The minimum absolute atomic E-state index is 0.00815. The zero-order valence-electron chi connectivity index (χ0n) is 10.4. The smallest absolute Gasteiger partial charge is 0.269 e. The lowest BCUT2D eigenvalue weighted by Gasteiger charge is -2.02. The van der Waals surface area contributed by atoms with E-state index < -0.39 is 14.8 Å². The van der Waals surface area contributed by atoms with Crippen LogP contribution in [0.1, 0.15) is 11.5 Å². The zero-order valence-corrected chi connectivity index (χ0v) is 11.2. The van der Waals surface area contributed by atoms with E-state index in [2.05, 4.69) is 0 Å². The van der Waals surface area contributed by atoms with Gasteiger partial charge in [0, 0.05) is 12.1 Å². The number of furan rings is 1. The summed E-state index contributed by atoms with van der Waals surface area (Å²) in [5, 5.41) is 10.5. The molecule has 0 unspecified atom stereocenters. The third-order valence-electron chi connectivity index (χ3n) is 2.66. The Morgan fingerprint density at radius 3 is 2.20 bits per heavy atom. The highest BCUT2D eigenvalue weighted by Gasteiger charge is 2.18. The van der Waals surface area contributed by atoms with Crippen LogP contribution in [-0.2, 0) is 22.1 Å². The number of hydrogen-bond donors (Lipinski definition) is 1. The van der Waals surface area contributed by atoms with E-state index in [1.807, 2.05) is 0 Å². The number of benzene rings is 1. The van der Waals surface area contributed by atoms with E-state index >= 15 is 0 Å². The molecule has 0 aliphatic rings. The Balaban J connectivity index is 2.23. The van der Waals surface area contributed by atoms with Gasteiger partial charge in [0.1, 0.15) is 17.3 Å². The highest BCUT2D eigenvalue weighted by molar-refractivity contribution is 7.90. The van der Waals surface area contributed by atoms with Crippen LogP contribution in [0.5, 0.6) is 0 Å². The van der Waals surface area contributed by atoms with E-state index in [1.165, 1.54) is 12.1 Å². The summed E-state index contributed by atoms with van der Waals surface area (Å²) >= 11 is 0. The second-order valence-electron chi connectivity index (χ2n) is 4.08. The molecule has 8 heteroatoms. The summed E-state index contributed by atoms with van der Waals surface area (Å²) in [6.45, 7) is 0.192. The lowest BCUT2D eigenvalue weighted by Crippen LogP contribution is -2.04. The standard InChI is InChI=1S/C12H12N2O5S/c13-7-10-3-4-11(19-10)8-20(17,18)12-5-1-9(2-6-12)14(15)16/h1-6H,7-8,13H2. The first-order valence-corrected chi connectivity index (χ1v) is 7.32. The molecule has 1 aromatic carbocycles. The number of sulfone groups is 1. The molecule has 0 saturated carbocycles. The number of rotatable bonds is 5. The molecule has 106 valence electrons. The van der Waals surface area contributed by atoms with Crippen LogP contribution in [0.4, 0.5) is 5.69 Å². The lowest BCUT2D eigenvalue weighted by atomic mass is 10.3. The molecule has 0 spiro atoms.